The van der Waals surface area contributed by atoms with Crippen LogP contribution in [-0.2, 0) is 19.4 Å². The average Bonchev–Trinajstić information content (AvgIpc) is 2.19. The Morgan fingerprint density at radius 3 is 1.71 bits per heavy atom. The van der Waals surface area contributed by atoms with E-state index in [1.807, 2.05) is 13.8 Å². The van der Waals surface area contributed by atoms with E-state index in [2.05, 4.69) is 19.4 Å². The first-order valence-electron chi connectivity index (χ1n) is 5.05. The summed E-state index contributed by atoms with van der Waals surface area (Å²) < 4.78 is 0. The number of rotatable bonds is 10. The molecule has 0 saturated heterocycles. The second kappa shape index (κ2) is 10.9. The molecule has 0 rings (SSSR count). The van der Waals surface area contributed by atoms with E-state index in [-0.39, 0.29) is 0 Å². The second-order valence-electron chi connectivity index (χ2n) is 2.85. The average molecular weight is 206 g/mol. The highest BCUT2D eigenvalue weighted by Gasteiger charge is 2.18. The third-order valence-corrected chi connectivity index (χ3v) is 1.46. The molecule has 1 N–H and O–H groups in total. The minimum atomic E-state index is -1.47. The Morgan fingerprint density at radius 1 is 0.929 bits per heavy atom. The van der Waals surface area contributed by atoms with Crippen LogP contribution in [-0.4, -0.2) is 25.6 Å². The lowest BCUT2D eigenvalue weighted by molar-refractivity contribution is -0.298. The van der Waals surface area contributed by atoms with Gasteiger partial charge in [-0.2, -0.15) is 0 Å². The Bertz CT molecular complexity index is 102. The summed E-state index contributed by atoms with van der Waals surface area (Å²) in [5, 5.41) is 8.95. The minimum absolute atomic E-state index is 0.436. The normalized spacial score (nSPS) is 10.5. The van der Waals surface area contributed by atoms with Gasteiger partial charge in [0, 0.05) is 0 Å². The van der Waals surface area contributed by atoms with Crippen molar-refractivity contribution in [2.75, 3.05) is 13.2 Å². The van der Waals surface area contributed by atoms with E-state index in [0.29, 0.717) is 13.2 Å². The first-order chi connectivity index (χ1) is 6.81. The number of unbranched alkanes of at least 4 members (excludes halogenated alkanes) is 2. The molecule has 0 amide bonds. The topological polar surface area (TPSA) is 57.2 Å². The van der Waals surface area contributed by atoms with Gasteiger partial charge in [0.2, 0.25) is 0 Å². The molecule has 0 saturated carbocycles. The molecule has 0 radical (unpaired) electrons. The summed E-state index contributed by atoms with van der Waals surface area (Å²) in [7, 11) is -1.47. The summed E-state index contributed by atoms with van der Waals surface area (Å²) in [5.74, 6) is 0. The molecule has 5 nitrogen and oxygen atoms in total. The van der Waals surface area contributed by atoms with E-state index in [1.165, 1.54) is 0 Å². The van der Waals surface area contributed by atoms with Crippen molar-refractivity contribution in [1.29, 1.82) is 0 Å². The van der Waals surface area contributed by atoms with Crippen LogP contribution >= 0.6 is 0 Å². The van der Waals surface area contributed by atoms with Crippen LogP contribution in [0.25, 0.3) is 0 Å². The van der Waals surface area contributed by atoms with Gasteiger partial charge in [0.25, 0.3) is 0 Å². The standard InChI is InChI=1S/C8H19BO5/c1-3-5-7-11-13-9(10)14-12-8-6-4-2/h10H,3-8H2,1-2H3. The summed E-state index contributed by atoms with van der Waals surface area (Å²) >= 11 is 0. The summed E-state index contributed by atoms with van der Waals surface area (Å²) in [5.41, 5.74) is 0. The van der Waals surface area contributed by atoms with Crippen molar-refractivity contribution in [3.8, 4) is 0 Å². The minimum Gasteiger partial charge on any atom is -0.399 e. The fourth-order valence-corrected chi connectivity index (χ4v) is 0.635. The summed E-state index contributed by atoms with van der Waals surface area (Å²) in [6.07, 6.45) is 3.77. The van der Waals surface area contributed by atoms with Crippen molar-refractivity contribution in [2.24, 2.45) is 0 Å². The van der Waals surface area contributed by atoms with Crippen LogP contribution in [0.1, 0.15) is 39.5 Å². The fourth-order valence-electron chi connectivity index (χ4n) is 0.635. The van der Waals surface area contributed by atoms with E-state index in [4.69, 9.17) is 5.02 Å². The molecular formula is C8H19BO5. The van der Waals surface area contributed by atoms with Crippen LogP contribution in [0.2, 0.25) is 0 Å². The highest BCUT2D eigenvalue weighted by atomic mass is 17.3. The first-order valence-corrected chi connectivity index (χ1v) is 5.05. The third-order valence-electron chi connectivity index (χ3n) is 1.46. The van der Waals surface area contributed by atoms with Crippen molar-refractivity contribution in [3.05, 3.63) is 0 Å². The van der Waals surface area contributed by atoms with E-state index in [0.717, 1.165) is 25.7 Å². The molecule has 84 valence electrons. The van der Waals surface area contributed by atoms with Gasteiger partial charge in [-0.15, -0.1) is 0 Å². The third kappa shape index (κ3) is 9.95. The smallest absolute Gasteiger partial charge is 0.399 e. The van der Waals surface area contributed by atoms with Crippen LogP contribution in [0.15, 0.2) is 0 Å². The molecule has 0 fully saturated rings. The Balaban J connectivity index is 3.07. The van der Waals surface area contributed by atoms with E-state index >= 15 is 0 Å². The molecule has 0 unspecified atom stereocenters. The molecule has 6 heteroatoms. The molecule has 0 aliphatic carbocycles. The zero-order valence-corrected chi connectivity index (χ0v) is 8.90. The summed E-state index contributed by atoms with van der Waals surface area (Å²) in [6.45, 7) is 4.94. The predicted octanol–water partition coefficient (Wildman–Crippen LogP) is 1.46. The molecular weight excluding hydrogens is 187 g/mol. The van der Waals surface area contributed by atoms with Crippen molar-refractivity contribution in [1.82, 2.24) is 0 Å². The van der Waals surface area contributed by atoms with E-state index in [1.54, 1.807) is 0 Å². The lowest BCUT2D eigenvalue weighted by Crippen LogP contribution is -2.23. The van der Waals surface area contributed by atoms with Gasteiger partial charge in [0.15, 0.2) is 0 Å². The molecule has 0 aliphatic rings. The quantitative estimate of drug-likeness (QED) is 0.254. The van der Waals surface area contributed by atoms with Crippen molar-refractivity contribution in [3.63, 3.8) is 0 Å². The molecule has 0 bridgehead atoms. The Labute approximate surface area is 85.3 Å². The molecule has 0 aromatic rings. The number of hydrogen-bond acceptors (Lipinski definition) is 5. The van der Waals surface area contributed by atoms with Crippen molar-refractivity contribution < 1.29 is 24.4 Å². The van der Waals surface area contributed by atoms with E-state index in [9.17, 15) is 0 Å². The van der Waals surface area contributed by atoms with Crippen molar-refractivity contribution >= 4 is 7.32 Å². The lowest BCUT2D eigenvalue weighted by atomic mass is 10.3. The molecule has 0 aliphatic heterocycles. The maximum absolute atomic E-state index is 8.95. The van der Waals surface area contributed by atoms with Gasteiger partial charge in [-0.05, 0) is 12.8 Å². The Kier molecular flexibility index (Phi) is 10.8. The largest absolute Gasteiger partial charge is 0.694 e. The highest BCUT2D eigenvalue weighted by Crippen LogP contribution is 1.94. The maximum atomic E-state index is 8.95. The van der Waals surface area contributed by atoms with Gasteiger partial charge < -0.3 is 5.02 Å². The van der Waals surface area contributed by atoms with Crippen LogP contribution in [0.3, 0.4) is 0 Å². The molecule has 0 aromatic heterocycles. The van der Waals surface area contributed by atoms with Gasteiger partial charge in [0.05, 0.1) is 13.2 Å². The van der Waals surface area contributed by atoms with Crippen LogP contribution in [0.4, 0.5) is 0 Å². The first kappa shape index (κ1) is 13.9. The molecule has 0 spiro atoms. The van der Waals surface area contributed by atoms with Gasteiger partial charge in [-0.1, -0.05) is 26.7 Å². The van der Waals surface area contributed by atoms with Crippen LogP contribution in [0.5, 0.6) is 0 Å². The van der Waals surface area contributed by atoms with Crippen molar-refractivity contribution in [2.45, 2.75) is 39.5 Å². The maximum Gasteiger partial charge on any atom is 0.694 e. The summed E-state index contributed by atoms with van der Waals surface area (Å²) in [4.78, 5) is 18.1. The van der Waals surface area contributed by atoms with Gasteiger partial charge in [-0.25, -0.2) is 19.4 Å². The molecule has 0 heterocycles. The Morgan fingerprint density at radius 2 is 1.36 bits per heavy atom. The summed E-state index contributed by atoms with van der Waals surface area (Å²) in [6, 6.07) is 0. The lowest BCUT2D eigenvalue weighted by Gasteiger charge is -2.06. The monoisotopic (exact) mass is 206 g/mol. The second-order valence-corrected chi connectivity index (χ2v) is 2.85. The van der Waals surface area contributed by atoms with E-state index < -0.39 is 7.32 Å². The van der Waals surface area contributed by atoms with Crippen LogP contribution < -0.4 is 0 Å². The SMILES string of the molecule is CCCCOOB(O)OOCCCC. The van der Waals surface area contributed by atoms with Gasteiger partial charge >= 0.3 is 7.32 Å². The zero-order chi connectivity index (χ0) is 10.6. The molecule has 14 heavy (non-hydrogen) atoms. The number of hydrogen-bond donors (Lipinski definition) is 1. The van der Waals surface area contributed by atoms with Gasteiger partial charge in [0.1, 0.15) is 0 Å². The fraction of sp³-hybridized carbons (Fsp3) is 1.00. The zero-order valence-electron chi connectivity index (χ0n) is 8.90. The van der Waals surface area contributed by atoms with Crippen LogP contribution in [0, 0.1) is 0 Å². The molecule has 0 aromatic carbocycles. The van der Waals surface area contributed by atoms with Gasteiger partial charge in [-0.3, -0.25) is 0 Å². The molecule has 0 atom stereocenters. The Hall–Kier alpha value is -0.135. The highest BCUT2D eigenvalue weighted by molar-refractivity contribution is 6.33. The predicted molar refractivity (Wildman–Crippen MR) is 51.9 cm³/mol.